The summed E-state index contributed by atoms with van der Waals surface area (Å²) < 4.78 is 7.89. The Bertz CT molecular complexity index is 1460. The number of nitrogens with one attached hydrogen (secondary N) is 2. The van der Waals surface area contributed by atoms with Crippen LogP contribution in [0.15, 0.2) is 59.7 Å². The van der Waals surface area contributed by atoms with Crippen molar-refractivity contribution in [3.8, 4) is 22.6 Å². The molecule has 166 valence electrons. The molecule has 0 saturated carbocycles. The van der Waals surface area contributed by atoms with E-state index in [-0.39, 0.29) is 18.0 Å². The van der Waals surface area contributed by atoms with Gasteiger partial charge in [-0.1, -0.05) is 18.2 Å². The number of ether oxygens (including phenoxy) is 1. The number of amides is 3. The Balaban J connectivity index is 1.75. The molecule has 4 aromatic rings. The molecule has 2 aromatic heterocycles. The van der Waals surface area contributed by atoms with Crippen LogP contribution in [0.1, 0.15) is 11.1 Å². The van der Waals surface area contributed by atoms with Crippen molar-refractivity contribution >= 4 is 28.5 Å². The number of urea groups is 1. The zero-order valence-electron chi connectivity index (χ0n) is 18.4. The van der Waals surface area contributed by atoms with Gasteiger partial charge in [-0.25, -0.2) is 9.69 Å². The van der Waals surface area contributed by atoms with Crippen molar-refractivity contribution in [1.29, 1.82) is 0 Å². The first-order valence-corrected chi connectivity index (χ1v) is 10.5. The third kappa shape index (κ3) is 3.36. The Kier molecular flexibility index (Phi) is 4.78. The summed E-state index contributed by atoms with van der Waals surface area (Å²) in [5.74, 6) is 0.947. The highest BCUT2D eigenvalue weighted by Gasteiger charge is 2.31. The Morgan fingerprint density at radius 2 is 1.73 bits per heavy atom. The second-order valence-electron chi connectivity index (χ2n) is 8.12. The molecule has 1 saturated heterocycles. The van der Waals surface area contributed by atoms with Crippen molar-refractivity contribution in [2.24, 2.45) is 7.05 Å². The average Bonchev–Trinajstić information content (AvgIpc) is 3.41. The molecule has 1 aliphatic rings. The molecule has 3 amide bonds. The SMILES string of the molecule is Cc1cccc(C)c1Oc1ccc(N2C(=O)CNC2=O)cc1-c1cn(C)c(=O)c2[nH]ccc12. The minimum atomic E-state index is -0.471. The topological polar surface area (TPSA) is 96.4 Å². The summed E-state index contributed by atoms with van der Waals surface area (Å²) in [5.41, 5.74) is 4.09. The molecule has 2 aromatic carbocycles. The molecule has 0 radical (unpaired) electrons. The van der Waals surface area contributed by atoms with Gasteiger partial charge in [-0.15, -0.1) is 0 Å². The number of aromatic nitrogens is 2. The molecule has 0 aliphatic carbocycles. The lowest BCUT2D eigenvalue weighted by Gasteiger charge is -2.19. The summed E-state index contributed by atoms with van der Waals surface area (Å²) in [6, 6.07) is 12.5. The molecule has 33 heavy (non-hydrogen) atoms. The van der Waals surface area contributed by atoms with Crippen molar-refractivity contribution in [3.63, 3.8) is 0 Å². The van der Waals surface area contributed by atoms with E-state index < -0.39 is 6.03 Å². The second-order valence-corrected chi connectivity index (χ2v) is 8.12. The number of hydrogen-bond acceptors (Lipinski definition) is 4. The number of para-hydroxylation sites is 1. The maximum Gasteiger partial charge on any atom is 0.329 e. The average molecular weight is 442 g/mol. The molecule has 0 atom stereocenters. The van der Waals surface area contributed by atoms with Gasteiger partial charge in [0.25, 0.3) is 11.5 Å². The van der Waals surface area contributed by atoms with Crippen LogP contribution < -0.4 is 20.5 Å². The fourth-order valence-corrected chi connectivity index (χ4v) is 4.19. The number of nitrogens with zero attached hydrogens (tertiary/aromatic N) is 2. The van der Waals surface area contributed by atoms with E-state index in [0.29, 0.717) is 22.5 Å². The van der Waals surface area contributed by atoms with E-state index in [4.69, 9.17) is 4.74 Å². The van der Waals surface area contributed by atoms with Crippen LogP contribution in [0.3, 0.4) is 0 Å². The maximum atomic E-state index is 12.6. The van der Waals surface area contributed by atoms with E-state index in [1.54, 1.807) is 37.6 Å². The predicted octanol–water partition coefficient (Wildman–Crippen LogP) is 4.00. The van der Waals surface area contributed by atoms with Gasteiger partial charge in [-0.2, -0.15) is 0 Å². The first-order chi connectivity index (χ1) is 15.8. The number of hydrogen-bond donors (Lipinski definition) is 2. The van der Waals surface area contributed by atoms with Gasteiger partial charge in [-0.3, -0.25) is 9.59 Å². The van der Waals surface area contributed by atoms with Crippen LogP contribution >= 0.6 is 0 Å². The van der Waals surface area contributed by atoms with Crippen LogP contribution in [0.5, 0.6) is 11.5 Å². The van der Waals surface area contributed by atoms with E-state index in [9.17, 15) is 14.4 Å². The Hall–Kier alpha value is -4.33. The van der Waals surface area contributed by atoms with Gasteiger partial charge in [0.15, 0.2) is 0 Å². The Labute approximate surface area is 189 Å². The fourth-order valence-electron chi connectivity index (χ4n) is 4.19. The molecule has 3 heterocycles. The molecule has 1 aliphatic heterocycles. The van der Waals surface area contributed by atoms with Gasteiger partial charge in [0.05, 0.1) is 12.2 Å². The van der Waals surface area contributed by atoms with Crippen molar-refractivity contribution in [1.82, 2.24) is 14.9 Å². The number of carbonyl (C=O) groups is 2. The van der Waals surface area contributed by atoms with Gasteiger partial charge in [-0.05, 0) is 49.2 Å². The molecule has 0 unspecified atom stereocenters. The molecule has 2 N–H and O–H groups in total. The maximum absolute atomic E-state index is 12.6. The standard InChI is InChI=1S/C25H22N4O4/c1-14-5-4-6-15(2)23(14)33-20-8-7-16(29-21(30)12-27-25(29)32)11-18(20)19-13-28(3)24(31)22-17(19)9-10-26-22/h4-11,13,26H,12H2,1-3H3,(H,27,32). The molecule has 5 rings (SSSR count). The summed E-state index contributed by atoms with van der Waals surface area (Å²) in [4.78, 5) is 41.3. The number of benzene rings is 2. The summed E-state index contributed by atoms with van der Waals surface area (Å²) >= 11 is 0. The number of carbonyl (C=O) groups excluding carboxylic acids is 2. The zero-order valence-corrected chi connectivity index (χ0v) is 18.4. The van der Waals surface area contributed by atoms with Crippen LogP contribution in [0.25, 0.3) is 22.0 Å². The van der Waals surface area contributed by atoms with Crippen molar-refractivity contribution < 1.29 is 14.3 Å². The summed E-state index contributed by atoms with van der Waals surface area (Å²) in [5, 5.41) is 3.27. The van der Waals surface area contributed by atoms with Gasteiger partial charge >= 0.3 is 6.03 Å². The normalized spacial score (nSPS) is 13.6. The molecule has 0 bridgehead atoms. The van der Waals surface area contributed by atoms with Crippen molar-refractivity contribution in [2.45, 2.75) is 13.8 Å². The van der Waals surface area contributed by atoms with Crippen molar-refractivity contribution in [3.05, 3.63) is 76.3 Å². The molecule has 8 heteroatoms. The highest BCUT2D eigenvalue weighted by atomic mass is 16.5. The number of rotatable bonds is 4. The predicted molar refractivity (Wildman–Crippen MR) is 126 cm³/mol. The minimum Gasteiger partial charge on any atom is -0.456 e. The number of aromatic amines is 1. The highest BCUT2D eigenvalue weighted by Crippen LogP contribution is 2.40. The zero-order chi connectivity index (χ0) is 23.3. The first kappa shape index (κ1) is 20.6. The third-order valence-corrected chi connectivity index (χ3v) is 5.87. The lowest BCUT2D eigenvalue weighted by atomic mass is 10.0. The van der Waals surface area contributed by atoms with Crippen LogP contribution in [0.2, 0.25) is 0 Å². The summed E-state index contributed by atoms with van der Waals surface area (Å²) in [6.45, 7) is 3.90. The summed E-state index contributed by atoms with van der Waals surface area (Å²) in [7, 11) is 1.68. The van der Waals surface area contributed by atoms with Crippen LogP contribution in [-0.2, 0) is 11.8 Å². The minimum absolute atomic E-state index is 0.0449. The summed E-state index contributed by atoms with van der Waals surface area (Å²) in [6.07, 6.45) is 3.45. The smallest absolute Gasteiger partial charge is 0.329 e. The van der Waals surface area contributed by atoms with Crippen LogP contribution in [-0.4, -0.2) is 28.0 Å². The molecular formula is C25H22N4O4. The lowest BCUT2D eigenvalue weighted by Crippen LogP contribution is -2.30. The van der Waals surface area contributed by atoms with E-state index in [1.165, 1.54) is 4.57 Å². The van der Waals surface area contributed by atoms with Gasteiger partial charge in [0, 0.05) is 36.0 Å². The number of imide groups is 1. The largest absolute Gasteiger partial charge is 0.456 e. The van der Waals surface area contributed by atoms with Crippen LogP contribution in [0, 0.1) is 13.8 Å². The van der Waals surface area contributed by atoms with E-state index in [0.717, 1.165) is 32.7 Å². The van der Waals surface area contributed by atoms with E-state index in [2.05, 4.69) is 10.3 Å². The Morgan fingerprint density at radius 1 is 0.970 bits per heavy atom. The molecular weight excluding hydrogens is 420 g/mol. The molecule has 8 nitrogen and oxygen atoms in total. The third-order valence-electron chi connectivity index (χ3n) is 5.87. The van der Waals surface area contributed by atoms with Crippen LogP contribution in [0.4, 0.5) is 10.5 Å². The monoisotopic (exact) mass is 442 g/mol. The highest BCUT2D eigenvalue weighted by molar-refractivity contribution is 6.20. The molecule has 1 fully saturated rings. The van der Waals surface area contributed by atoms with Gasteiger partial charge in [0.1, 0.15) is 17.0 Å². The fraction of sp³-hybridized carbons (Fsp3) is 0.160. The number of aryl methyl sites for hydroxylation is 3. The van der Waals surface area contributed by atoms with E-state index >= 15 is 0 Å². The lowest BCUT2D eigenvalue weighted by molar-refractivity contribution is -0.115. The Morgan fingerprint density at radius 3 is 2.42 bits per heavy atom. The number of pyridine rings is 1. The molecule has 0 spiro atoms. The van der Waals surface area contributed by atoms with Gasteiger partial charge in [0.2, 0.25) is 0 Å². The van der Waals surface area contributed by atoms with Crippen molar-refractivity contribution in [2.75, 3.05) is 11.4 Å². The number of H-pyrrole nitrogens is 1. The van der Waals surface area contributed by atoms with E-state index in [1.807, 2.05) is 38.1 Å². The number of anilines is 1. The second kappa shape index (κ2) is 7.67. The quantitative estimate of drug-likeness (QED) is 0.467. The number of fused-ring (bicyclic) bond motifs is 1. The van der Waals surface area contributed by atoms with Gasteiger partial charge < -0.3 is 19.6 Å². The first-order valence-electron chi connectivity index (χ1n) is 10.5.